The van der Waals surface area contributed by atoms with Crippen molar-refractivity contribution in [3.8, 4) is 17.6 Å². The van der Waals surface area contributed by atoms with E-state index in [1.54, 1.807) is 39.2 Å². The lowest BCUT2D eigenvalue weighted by atomic mass is 10.1. The van der Waals surface area contributed by atoms with E-state index in [1.807, 2.05) is 6.07 Å². The highest BCUT2D eigenvalue weighted by atomic mass is 19.1. The van der Waals surface area contributed by atoms with Crippen LogP contribution in [0.15, 0.2) is 48.0 Å². The molecule has 0 radical (unpaired) electrons. The van der Waals surface area contributed by atoms with Gasteiger partial charge in [-0.1, -0.05) is 6.07 Å². The lowest BCUT2D eigenvalue weighted by Gasteiger charge is -2.14. The van der Waals surface area contributed by atoms with Crippen LogP contribution in [0.4, 0.5) is 10.1 Å². The Morgan fingerprint density at radius 1 is 1.13 bits per heavy atom. The highest BCUT2D eigenvalue weighted by Crippen LogP contribution is 2.29. The van der Waals surface area contributed by atoms with Gasteiger partial charge >= 0.3 is 0 Å². The van der Waals surface area contributed by atoms with Crippen molar-refractivity contribution in [3.63, 3.8) is 0 Å². The van der Waals surface area contributed by atoms with E-state index in [0.29, 0.717) is 29.4 Å². The highest BCUT2D eigenvalue weighted by molar-refractivity contribution is 6.09. The Bertz CT molecular complexity index is 979. The number of ether oxygens (including phenoxy) is 2. The molecule has 8 heteroatoms. The Morgan fingerprint density at radius 3 is 2.43 bits per heavy atom. The maximum atomic E-state index is 13.0. The molecule has 0 aliphatic rings. The standard InChI is InChI=1S/C22H22FN3O4/c1-4-29-20-12-15(5-10-19(20)30-14-21(27)26(2)3)11-16(13-24)22(28)25-18-8-6-17(23)7-9-18/h5-12H,4,14H2,1-3H3,(H,25,28)/b16-11+. The van der Waals surface area contributed by atoms with E-state index < -0.39 is 11.7 Å². The molecular formula is C22H22FN3O4. The quantitative estimate of drug-likeness (QED) is 0.532. The van der Waals surface area contributed by atoms with Crippen LogP contribution in [0.2, 0.25) is 0 Å². The molecule has 0 saturated heterocycles. The van der Waals surface area contributed by atoms with Crippen LogP contribution in [0.5, 0.6) is 11.5 Å². The molecule has 30 heavy (non-hydrogen) atoms. The van der Waals surface area contributed by atoms with Crippen LogP contribution in [0.1, 0.15) is 12.5 Å². The van der Waals surface area contributed by atoms with Gasteiger partial charge < -0.3 is 19.7 Å². The zero-order chi connectivity index (χ0) is 22.1. The lowest BCUT2D eigenvalue weighted by Crippen LogP contribution is -2.27. The largest absolute Gasteiger partial charge is 0.490 e. The first-order chi connectivity index (χ1) is 14.3. The van der Waals surface area contributed by atoms with Gasteiger partial charge in [-0.25, -0.2) is 4.39 Å². The van der Waals surface area contributed by atoms with Crippen molar-refractivity contribution in [2.75, 3.05) is 32.6 Å². The number of rotatable bonds is 8. The fourth-order valence-corrected chi connectivity index (χ4v) is 2.32. The molecule has 2 rings (SSSR count). The van der Waals surface area contributed by atoms with Gasteiger partial charge in [0.2, 0.25) is 0 Å². The number of anilines is 1. The molecule has 2 aromatic rings. The Labute approximate surface area is 174 Å². The van der Waals surface area contributed by atoms with Crippen molar-refractivity contribution in [3.05, 3.63) is 59.4 Å². The van der Waals surface area contributed by atoms with Crippen LogP contribution in [0.25, 0.3) is 6.08 Å². The van der Waals surface area contributed by atoms with Crippen LogP contribution >= 0.6 is 0 Å². The van der Waals surface area contributed by atoms with Gasteiger partial charge in [0.25, 0.3) is 11.8 Å². The maximum Gasteiger partial charge on any atom is 0.266 e. The zero-order valence-electron chi connectivity index (χ0n) is 16.9. The van der Waals surface area contributed by atoms with Crippen LogP contribution in [-0.2, 0) is 9.59 Å². The molecule has 0 saturated carbocycles. The minimum atomic E-state index is -0.626. The Kier molecular flexibility index (Phi) is 7.94. The number of nitriles is 1. The summed E-state index contributed by atoms with van der Waals surface area (Å²) in [5, 5.41) is 11.9. The van der Waals surface area contributed by atoms with Crippen molar-refractivity contribution in [2.24, 2.45) is 0 Å². The number of hydrogen-bond donors (Lipinski definition) is 1. The third kappa shape index (κ3) is 6.34. The van der Waals surface area contributed by atoms with Gasteiger partial charge in [0.15, 0.2) is 18.1 Å². The van der Waals surface area contributed by atoms with E-state index in [2.05, 4.69) is 5.32 Å². The molecular weight excluding hydrogens is 389 g/mol. The summed E-state index contributed by atoms with van der Waals surface area (Å²) in [6, 6.07) is 11.9. The summed E-state index contributed by atoms with van der Waals surface area (Å²) in [4.78, 5) is 25.5. The van der Waals surface area contributed by atoms with Crippen molar-refractivity contribution in [1.29, 1.82) is 5.26 Å². The summed E-state index contributed by atoms with van der Waals surface area (Å²) in [6.45, 7) is 2.02. The third-order valence-corrected chi connectivity index (χ3v) is 3.90. The maximum absolute atomic E-state index is 13.0. The first kappa shape index (κ1) is 22.4. The first-order valence-electron chi connectivity index (χ1n) is 9.12. The molecule has 0 heterocycles. The van der Waals surface area contributed by atoms with Crippen molar-refractivity contribution >= 4 is 23.6 Å². The topological polar surface area (TPSA) is 91.7 Å². The number of halogens is 1. The van der Waals surface area contributed by atoms with E-state index in [4.69, 9.17) is 9.47 Å². The first-order valence-corrected chi connectivity index (χ1v) is 9.12. The van der Waals surface area contributed by atoms with Crippen molar-refractivity contribution < 1.29 is 23.5 Å². The molecule has 0 aliphatic carbocycles. The summed E-state index contributed by atoms with van der Waals surface area (Å²) in [5.41, 5.74) is 0.764. The molecule has 0 aliphatic heterocycles. The zero-order valence-corrected chi connectivity index (χ0v) is 16.9. The van der Waals surface area contributed by atoms with E-state index >= 15 is 0 Å². The Balaban J connectivity index is 2.21. The molecule has 0 fully saturated rings. The van der Waals surface area contributed by atoms with Gasteiger partial charge in [-0.3, -0.25) is 9.59 Å². The van der Waals surface area contributed by atoms with Gasteiger partial charge in [-0.15, -0.1) is 0 Å². The predicted molar refractivity (Wildman–Crippen MR) is 110 cm³/mol. The number of amides is 2. The van der Waals surface area contributed by atoms with Crippen LogP contribution in [0.3, 0.4) is 0 Å². The second-order valence-electron chi connectivity index (χ2n) is 6.35. The predicted octanol–water partition coefficient (Wildman–Crippen LogP) is 3.24. The summed E-state index contributed by atoms with van der Waals surface area (Å²) in [6.07, 6.45) is 1.40. The number of likely N-dealkylation sites (N-methyl/N-ethyl adjacent to an activating group) is 1. The van der Waals surface area contributed by atoms with Gasteiger partial charge in [0.05, 0.1) is 6.61 Å². The molecule has 0 atom stereocenters. The molecule has 156 valence electrons. The molecule has 0 spiro atoms. The van der Waals surface area contributed by atoms with Gasteiger partial charge in [0, 0.05) is 19.8 Å². The average molecular weight is 411 g/mol. The van der Waals surface area contributed by atoms with Crippen LogP contribution in [0, 0.1) is 17.1 Å². The normalized spacial score (nSPS) is 10.7. The highest BCUT2D eigenvalue weighted by Gasteiger charge is 2.13. The van der Waals surface area contributed by atoms with Crippen molar-refractivity contribution in [1.82, 2.24) is 4.90 Å². The second kappa shape index (κ2) is 10.6. The second-order valence-corrected chi connectivity index (χ2v) is 6.35. The minimum Gasteiger partial charge on any atom is -0.490 e. The Hall–Kier alpha value is -3.86. The van der Waals surface area contributed by atoms with E-state index in [0.717, 1.165) is 0 Å². The minimum absolute atomic E-state index is 0.141. The number of nitrogens with one attached hydrogen (secondary N) is 1. The number of nitrogens with zero attached hydrogens (tertiary/aromatic N) is 2. The van der Waals surface area contributed by atoms with Crippen molar-refractivity contribution in [2.45, 2.75) is 6.92 Å². The molecule has 0 bridgehead atoms. The molecule has 7 nitrogen and oxygen atoms in total. The number of hydrogen-bond acceptors (Lipinski definition) is 5. The average Bonchev–Trinajstić information content (AvgIpc) is 2.72. The summed E-state index contributed by atoms with van der Waals surface area (Å²) < 4.78 is 24.1. The smallest absolute Gasteiger partial charge is 0.266 e. The fourth-order valence-electron chi connectivity index (χ4n) is 2.32. The molecule has 2 amide bonds. The number of benzene rings is 2. The van der Waals surface area contributed by atoms with E-state index in [1.165, 1.54) is 35.2 Å². The Morgan fingerprint density at radius 2 is 1.83 bits per heavy atom. The van der Waals surface area contributed by atoms with E-state index in [9.17, 15) is 19.2 Å². The number of carbonyl (C=O) groups is 2. The van der Waals surface area contributed by atoms with Gasteiger partial charge in [-0.05, 0) is 55.0 Å². The van der Waals surface area contributed by atoms with Crippen LogP contribution in [-0.4, -0.2) is 44.0 Å². The molecule has 0 unspecified atom stereocenters. The fraction of sp³-hybridized carbons (Fsp3) is 0.227. The summed E-state index contributed by atoms with van der Waals surface area (Å²) >= 11 is 0. The van der Waals surface area contributed by atoms with Gasteiger partial charge in [-0.2, -0.15) is 5.26 Å². The van der Waals surface area contributed by atoms with E-state index in [-0.39, 0.29) is 18.1 Å². The number of carbonyl (C=O) groups excluding carboxylic acids is 2. The SMILES string of the molecule is CCOc1cc(/C=C(\C#N)C(=O)Nc2ccc(F)cc2)ccc1OCC(=O)N(C)C. The lowest BCUT2D eigenvalue weighted by molar-refractivity contribution is -0.130. The summed E-state index contributed by atoms with van der Waals surface area (Å²) in [7, 11) is 3.26. The summed E-state index contributed by atoms with van der Waals surface area (Å²) in [5.74, 6) is -0.501. The monoisotopic (exact) mass is 411 g/mol. The molecule has 0 aromatic heterocycles. The van der Waals surface area contributed by atoms with Gasteiger partial charge in [0.1, 0.15) is 17.5 Å². The molecule has 2 aromatic carbocycles. The van der Waals surface area contributed by atoms with Crippen LogP contribution < -0.4 is 14.8 Å². The third-order valence-electron chi connectivity index (χ3n) is 3.90. The molecule has 1 N–H and O–H groups in total.